The largest absolute Gasteiger partial charge is 0.433 e. The molecule has 3 aromatic rings. The van der Waals surface area contributed by atoms with Crippen molar-refractivity contribution in [3.05, 3.63) is 113 Å². The SMILES string of the molecule is C=CS(=O)(=O)Nc1ccc(CNC(=O)/C=C/c2ccc(C(F)(F)F)nc2CCc2ccccc2)cc1. The number of alkyl halides is 3. The Hall–Kier alpha value is -3.92. The molecule has 188 valence electrons. The van der Waals surface area contributed by atoms with Crippen LogP contribution in [0.5, 0.6) is 0 Å². The molecule has 0 atom stereocenters. The standard InChI is InChI=1S/C26H24F3N3O3S/c1-2-36(34,35)32-22-13-8-20(9-14-22)18-30-25(33)17-12-21-11-16-24(26(27,28)29)31-23(21)15-10-19-6-4-3-5-7-19/h2-9,11-14,16-17,32H,1,10,15,18H2,(H,30,33)/b17-12+. The van der Waals surface area contributed by atoms with Crippen LogP contribution in [0.4, 0.5) is 18.9 Å². The number of halogens is 3. The Morgan fingerprint density at radius 1 is 0.944 bits per heavy atom. The number of nitrogens with zero attached hydrogens (tertiary/aromatic N) is 1. The Morgan fingerprint density at radius 3 is 2.28 bits per heavy atom. The van der Waals surface area contributed by atoms with Crippen LogP contribution in [-0.2, 0) is 40.4 Å². The summed E-state index contributed by atoms with van der Waals surface area (Å²) in [7, 11) is -3.61. The minimum atomic E-state index is -4.57. The number of aromatic nitrogens is 1. The zero-order valence-corrected chi connectivity index (χ0v) is 19.9. The number of anilines is 1. The first-order chi connectivity index (χ1) is 17.1. The third-order valence-electron chi connectivity index (χ3n) is 5.11. The van der Waals surface area contributed by atoms with E-state index in [0.717, 1.165) is 22.6 Å². The van der Waals surface area contributed by atoms with Crippen molar-refractivity contribution in [2.24, 2.45) is 0 Å². The highest BCUT2D eigenvalue weighted by Crippen LogP contribution is 2.29. The Balaban J connectivity index is 1.65. The normalized spacial score (nSPS) is 11.9. The van der Waals surface area contributed by atoms with Crippen molar-refractivity contribution in [1.29, 1.82) is 0 Å². The zero-order chi connectivity index (χ0) is 26.2. The quantitative estimate of drug-likeness (QED) is 0.368. The molecule has 2 N–H and O–H groups in total. The summed E-state index contributed by atoms with van der Waals surface area (Å²) in [6.45, 7) is 3.39. The lowest BCUT2D eigenvalue weighted by Gasteiger charge is -2.11. The Labute approximate surface area is 207 Å². The van der Waals surface area contributed by atoms with Crippen molar-refractivity contribution < 1.29 is 26.4 Å². The average molecular weight is 516 g/mol. The van der Waals surface area contributed by atoms with Crippen LogP contribution in [-0.4, -0.2) is 19.3 Å². The van der Waals surface area contributed by atoms with Crippen LogP contribution in [0.15, 0.2) is 84.8 Å². The fourth-order valence-corrected chi connectivity index (χ4v) is 3.79. The Bertz CT molecular complexity index is 1340. The van der Waals surface area contributed by atoms with Gasteiger partial charge in [0.1, 0.15) is 5.69 Å². The Morgan fingerprint density at radius 2 is 1.64 bits per heavy atom. The summed E-state index contributed by atoms with van der Waals surface area (Å²) >= 11 is 0. The van der Waals surface area contributed by atoms with Crippen molar-refractivity contribution >= 4 is 27.7 Å². The topological polar surface area (TPSA) is 88.2 Å². The number of hydrogen-bond donors (Lipinski definition) is 2. The second kappa shape index (κ2) is 11.7. The first-order valence-electron chi connectivity index (χ1n) is 10.9. The summed E-state index contributed by atoms with van der Waals surface area (Å²) in [5.74, 6) is -0.444. The van der Waals surface area contributed by atoms with E-state index in [-0.39, 0.29) is 18.7 Å². The van der Waals surface area contributed by atoms with E-state index < -0.39 is 27.8 Å². The molecule has 0 saturated heterocycles. The highest BCUT2D eigenvalue weighted by molar-refractivity contribution is 7.95. The summed E-state index contributed by atoms with van der Waals surface area (Å²) in [5.41, 5.74) is 1.72. The summed E-state index contributed by atoms with van der Waals surface area (Å²) in [5, 5.41) is 3.48. The number of hydrogen-bond acceptors (Lipinski definition) is 4. The van der Waals surface area contributed by atoms with Crippen LogP contribution in [0, 0.1) is 0 Å². The van der Waals surface area contributed by atoms with Crippen LogP contribution in [0.1, 0.15) is 28.1 Å². The molecule has 0 aliphatic carbocycles. The second-order valence-corrected chi connectivity index (χ2v) is 9.41. The van der Waals surface area contributed by atoms with E-state index in [4.69, 9.17) is 0 Å². The third-order valence-corrected chi connectivity index (χ3v) is 6.07. The number of carbonyl (C=O) groups excluding carboxylic acids is 1. The fourth-order valence-electron chi connectivity index (χ4n) is 3.24. The molecule has 1 amide bonds. The van der Waals surface area contributed by atoms with Crippen molar-refractivity contribution in [2.75, 3.05) is 4.72 Å². The van der Waals surface area contributed by atoms with Gasteiger partial charge in [0.15, 0.2) is 0 Å². The molecule has 2 aromatic carbocycles. The van der Waals surface area contributed by atoms with Crippen LogP contribution in [0.3, 0.4) is 0 Å². The van der Waals surface area contributed by atoms with Crippen LogP contribution in [0.2, 0.25) is 0 Å². The number of benzene rings is 2. The first kappa shape index (κ1) is 26.7. The van der Waals surface area contributed by atoms with Gasteiger partial charge in [-0.1, -0.05) is 55.1 Å². The molecule has 0 unspecified atom stereocenters. The maximum absolute atomic E-state index is 13.2. The smallest absolute Gasteiger partial charge is 0.348 e. The van der Waals surface area contributed by atoms with E-state index in [1.54, 1.807) is 24.3 Å². The van der Waals surface area contributed by atoms with Crippen LogP contribution < -0.4 is 10.0 Å². The van der Waals surface area contributed by atoms with Crippen molar-refractivity contribution in [3.63, 3.8) is 0 Å². The molecule has 36 heavy (non-hydrogen) atoms. The van der Waals surface area contributed by atoms with Crippen molar-refractivity contribution in [3.8, 4) is 0 Å². The van der Waals surface area contributed by atoms with Gasteiger partial charge >= 0.3 is 6.18 Å². The molecule has 0 aliphatic heterocycles. The number of rotatable bonds is 10. The molecule has 6 nitrogen and oxygen atoms in total. The van der Waals surface area contributed by atoms with Crippen LogP contribution >= 0.6 is 0 Å². The van der Waals surface area contributed by atoms with Gasteiger partial charge < -0.3 is 5.32 Å². The predicted octanol–water partition coefficient (Wildman–Crippen LogP) is 5.10. The fraction of sp³-hybridized carbons (Fsp3) is 0.154. The second-order valence-electron chi connectivity index (χ2n) is 7.78. The number of aryl methyl sites for hydroxylation is 2. The predicted molar refractivity (Wildman–Crippen MR) is 133 cm³/mol. The maximum Gasteiger partial charge on any atom is 0.433 e. The zero-order valence-electron chi connectivity index (χ0n) is 19.1. The van der Waals surface area contributed by atoms with Gasteiger partial charge in [-0.2, -0.15) is 13.2 Å². The highest BCUT2D eigenvalue weighted by atomic mass is 32.2. The third kappa shape index (κ3) is 8.09. The van der Waals surface area contributed by atoms with Gasteiger partial charge in [-0.15, -0.1) is 0 Å². The average Bonchev–Trinajstić information content (AvgIpc) is 2.86. The summed E-state index contributed by atoms with van der Waals surface area (Å²) in [6.07, 6.45) is -1.11. The molecule has 10 heteroatoms. The van der Waals surface area contributed by atoms with Gasteiger partial charge in [0.2, 0.25) is 5.91 Å². The van der Waals surface area contributed by atoms with Gasteiger partial charge in [-0.3, -0.25) is 9.52 Å². The van der Waals surface area contributed by atoms with E-state index >= 15 is 0 Å². The molecule has 3 rings (SSSR count). The number of sulfonamides is 1. The van der Waals surface area contributed by atoms with Crippen molar-refractivity contribution in [1.82, 2.24) is 10.3 Å². The summed E-state index contributed by atoms with van der Waals surface area (Å²) in [4.78, 5) is 16.1. The molecule has 1 aromatic heterocycles. The van der Waals surface area contributed by atoms with Gasteiger partial charge in [0, 0.05) is 29.4 Å². The van der Waals surface area contributed by atoms with E-state index in [2.05, 4.69) is 21.6 Å². The molecule has 0 bridgehead atoms. The number of nitrogens with one attached hydrogen (secondary N) is 2. The van der Waals surface area contributed by atoms with E-state index in [1.807, 2.05) is 30.3 Å². The van der Waals surface area contributed by atoms with Gasteiger partial charge in [0.25, 0.3) is 10.0 Å². The van der Waals surface area contributed by atoms with Gasteiger partial charge in [-0.05, 0) is 53.8 Å². The minimum Gasteiger partial charge on any atom is -0.348 e. The molecule has 0 saturated carbocycles. The number of carbonyl (C=O) groups is 1. The molecule has 1 heterocycles. The van der Waals surface area contributed by atoms with E-state index in [0.29, 0.717) is 17.7 Å². The van der Waals surface area contributed by atoms with Gasteiger partial charge in [-0.25, -0.2) is 13.4 Å². The van der Waals surface area contributed by atoms with Crippen LogP contribution in [0.25, 0.3) is 6.08 Å². The molecular formula is C26H24F3N3O3S. The lowest BCUT2D eigenvalue weighted by Crippen LogP contribution is -2.20. The first-order valence-corrected chi connectivity index (χ1v) is 12.4. The lowest BCUT2D eigenvalue weighted by atomic mass is 10.0. The summed E-state index contributed by atoms with van der Waals surface area (Å²) in [6, 6.07) is 17.9. The number of pyridine rings is 1. The van der Waals surface area contributed by atoms with E-state index in [1.165, 1.54) is 18.2 Å². The van der Waals surface area contributed by atoms with Crippen molar-refractivity contribution in [2.45, 2.75) is 25.6 Å². The van der Waals surface area contributed by atoms with E-state index in [9.17, 15) is 26.4 Å². The molecule has 0 aliphatic rings. The van der Waals surface area contributed by atoms with Gasteiger partial charge in [0.05, 0.1) is 0 Å². The highest BCUT2D eigenvalue weighted by Gasteiger charge is 2.32. The molecule has 0 radical (unpaired) electrons. The minimum absolute atomic E-state index is 0.170. The maximum atomic E-state index is 13.2. The lowest BCUT2D eigenvalue weighted by molar-refractivity contribution is -0.141. The molecular weight excluding hydrogens is 491 g/mol. The summed E-state index contributed by atoms with van der Waals surface area (Å²) < 4.78 is 64.9. The molecule has 0 spiro atoms. The Kier molecular flexibility index (Phi) is 8.65. The molecule has 0 fully saturated rings. The monoisotopic (exact) mass is 515 g/mol. The number of amides is 1.